The van der Waals surface area contributed by atoms with Gasteiger partial charge in [-0.15, -0.1) is 0 Å². The highest BCUT2D eigenvalue weighted by Gasteiger charge is 2.60. The van der Waals surface area contributed by atoms with Gasteiger partial charge in [0.2, 0.25) is 0 Å². The molecule has 110 valence electrons. The molecule has 0 radical (unpaired) electrons. The molecule has 3 nitrogen and oxygen atoms in total. The molecular weight excluding hydrogens is 271 g/mol. The molecule has 1 aliphatic rings. The van der Waals surface area contributed by atoms with Crippen LogP contribution in [0.4, 0.5) is 13.2 Å². The number of alkyl halides is 3. The lowest BCUT2D eigenvalue weighted by Gasteiger charge is -2.42. The Bertz CT molecular complexity index is 469. The quantitative estimate of drug-likeness (QED) is 0.925. The molecule has 1 unspecified atom stereocenters. The topological polar surface area (TPSA) is 40.5 Å². The van der Waals surface area contributed by atoms with Gasteiger partial charge in [-0.3, -0.25) is 9.69 Å². The second-order valence-corrected chi connectivity index (χ2v) is 4.99. The fraction of sp³-hybridized carbons (Fsp3) is 0.500. The number of nitrogens with zero attached hydrogens (tertiary/aromatic N) is 1. The summed E-state index contributed by atoms with van der Waals surface area (Å²) in [4.78, 5) is 12.3. The smallest absolute Gasteiger partial charge is 0.411 e. The van der Waals surface area contributed by atoms with Crippen molar-refractivity contribution in [2.24, 2.45) is 0 Å². The normalized spacial score (nSPS) is 19.8. The Hall–Kier alpha value is -1.56. The summed E-state index contributed by atoms with van der Waals surface area (Å²) in [5.41, 5.74) is -2.44. The van der Waals surface area contributed by atoms with E-state index in [1.807, 2.05) is 0 Å². The van der Waals surface area contributed by atoms with Gasteiger partial charge in [0.15, 0.2) is 5.54 Å². The molecule has 0 bridgehead atoms. The number of likely N-dealkylation sites (tertiary alicyclic amines) is 1. The summed E-state index contributed by atoms with van der Waals surface area (Å²) in [5, 5.41) is 9.01. The molecule has 0 aromatic heterocycles. The lowest BCUT2D eigenvalue weighted by Crippen LogP contribution is -2.56. The molecular formula is C14H16F3NO2. The van der Waals surface area contributed by atoms with Crippen LogP contribution in [0.15, 0.2) is 30.3 Å². The molecule has 2 rings (SSSR count). The fourth-order valence-corrected chi connectivity index (χ4v) is 2.87. The van der Waals surface area contributed by atoms with E-state index in [4.69, 9.17) is 5.11 Å². The number of hydrogen-bond donors (Lipinski definition) is 1. The first-order valence-electron chi connectivity index (χ1n) is 6.47. The summed E-state index contributed by atoms with van der Waals surface area (Å²) < 4.78 is 41.3. The molecule has 0 spiro atoms. The number of carbonyl (C=O) groups is 1. The average molecular weight is 287 g/mol. The SMILES string of the molecule is O=C(O)CC(c1ccccc1)(N1CCCC1)C(F)(F)F. The second kappa shape index (κ2) is 5.44. The number of hydrogen-bond acceptors (Lipinski definition) is 2. The summed E-state index contributed by atoms with van der Waals surface area (Å²) in [5.74, 6) is -1.45. The molecule has 1 heterocycles. The second-order valence-electron chi connectivity index (χ2n) is 4.99. The Morgan fingerprint density at radius 1 is 1.15 bits per heavy atom. The van der Waals surface area contributed by atoms with Crippen molar-refractivity contribution in [3.05, 3.63) is 35.9 Å². The lowest BCUT2D eigenvalue weighted by molar-refractivity contribution is -0.239. The van der Waals surface area contributed by atoms with Gasteiger partial charge in [-0.25, -0.2) is 0 Å². The van der Waals surface area contributed by atoms with Crippen LogP contribution in [0, 0.1) is 0 Å². The zero-order valence-corrected chi connectivity index (χ0v) is 10.9. The van der Waals surface area contributed by atoms with Crippen molar-refractivity contribution in [3.63, 3.8) is 0 Å². The van der Waals surface area contributed by atoms with Gasteiger partial charge in [0.1, 0.15) is 0 Å². The van der Waals surface area contributed by atoms with E-state index in [1.54, 1.807) is 6.07 Å². The van der Waals surface area contributed by atoms with Gasteiger partial charge < -0.3 is 5.11 Å². The molecule has 1 atom stereocenters. The summed E-state index contributed by atoms with van der Waals surface area (Å²) in [6.07, 6.45) is -4.30. The van der Waals surface area contributed by atoms with Crippen molar-refractivity contribution >= 4 is 5.97 Å². The number of benzene rings is 1. The van der Waals surface area contributed by atoms with E-state index < -0.39 is 24.1 Å². The van der Waals surface area contributed by atoms with Crippen molar-refractivity contribution < 1.29 is 23.1 Å². The van der Waals surface area contributed by atoms with Crippen molar-refractivity contribution in [2.45, 2.75) is 31.0 Å². The zero-order chi connectivity index (χ0) is 14.8. The van der Waals surface area contributed by atoms with Crippen molar-refractivity contribution in [1.82, 2.24) is 4.90 Å². The van der Waals surface area contributed by atoms with Gasteiger partial charge in [0.05, 0.1) is 6.42 Å². The van der Waals surface area contributed by atoms with E-state index in [0.29, 0.717) is 12.8 Å². The Morgan fingerprint density at radius 2 is 1.70 bits per heavy atom. The molecule has 20 heavy (non-hydrogen) atoms. The third kappa shape index (κ3) is 2.52. The minimum atomic E-state index is -4.64. The predicted molar refractivity (Wildman–Crippen MR) is 67.2 cm³/mol. The standard InChI is InChI=1S/C14H16F3NO2/c15-14(16,17)13(10-12(19)20,18-8-4-5-9-18)11-6-2-1-3-7-11/h1-3,6-7H,4-5,8-10H2,(H,19,20). The van der Waals surface area contributed by atoms with Gasteiger partial charge in [-0.05, 0) is 31.5 Å². The van der Waals surface area contributed by atoms with Crippen LogP contribution in [-0.2, 0) is 10.3 Å². The summed E-state index contributed by atoms with van der Waals surface area (Å²) in [6, 6.07) is 7.35. The highest BCUT2D eigenvalue weighted by atomic mass is 19.4. The van der Waals surface area contributed by atoms with Crippen molar-refractivity contribution in [3.8, 4) is 0 Å². The van der Waals surface area contributed by atoms with Crippen molar-refractivity contribution in [2.75, 3.05) is 13.1 Å². The van der Waals surface area contributed by atoms with Gasteiger partial charge in [-0.2, -0.15) is 13.2 Å². The minimum Gasteiger partial charge on any atom is -0.481 e. The summed E-state index contributed by atoms with van der Waals surface area (Å²) in [7, 11) is 0. The highest BCUT2D eigenvalue weighted by Crippen LogP contribution is 2.47. The maximum atomic E-state index is 13.8. The number of rotatable bonds is 4. The van der Waals surface area contributed by atoms with Gasteiger partial charge in [0.25, 0.3) is 0 Å². The molecule has 1 N–H and O–H groups in total. The maximum Gasteiger partial charge on any atom is 0.411 e. The number of carboxylic acids is 1. The van der Waals surface area contributed by atoms with Crippen LogP contribution >= 0.6 is 0 Å². The molecule has 1 aliphatic heterocycles. The Morgan fingerprint density at radius 3 is 2.15 bits per heavy atom. The van der Waals surface area contributed by atoms with E-state index in [9.17, 15) is 18.0 Å². The van der Waals surface area contributed by atoms with E-state index in [0.717, 1.165) is 0 Å². The molecule has 1 fully saturated rings. The number of aliphatic carboxylic acids is 1. The van der Waals surface area contributed by atoms with Crippen LogP contribution in [0.25, 0.3) is 0 Å². The van der Waals surface area contributed by atoms with E-state index in [1.165, 1.54) is 29.2 Å². The molecule has 0 aliphatic carbocycles. The van der Waals surface area contributed by atoms with E-state index in [-0.39, 0.29) is 18.7 Å². The Kier molecular flexibility index (Phi) is 4.04. The highest BCUT2D eigenvalue weighted by molar-refractivity contribution is 5.69. The third-order valence-electron chi connectivity index (χ3n) is 3.77. The minimum absolute atomic E-state index is 0.00296. The zero-order valence-electron chi connectivity index (χ0n) is 10.9. The monoisotopic (exact) mass is 287 g/mol. The summed E-state index contributed by atoms with van der Waals surface area (Å²) in [6.45, 7) is 0.531. The molecule has 1 saturated heterocycles. The molecule has 1 aromatic carbocycles. The van der Waals surface area contributed by atoms with Gasteiger partial charge >= 0.3 is 12.1 Å². The predicted octanol–water partition coefficient (Wildman–Crippen LogP) is 3.01. The molecule has 1 aromatic rings. The van der Waals surface area contributed by atoms with Crippen LogP contribution in [-0.4, -0.2) is 35.2 Å². The van der Waals surface area contributed by atoms with Crippen LogP contribution in [0.3, 0.4) is 0 Å². The Labute approximate surface area is 115 Å². The van der Waals surface area contributed by atoms with Gasteiger partial charge in [-0.1, -0.05) is 30.3 Å². The van der Waals surface area contributed by atoms with Crippen LogP contribution < -0.4 is 0 Å². The first kappa shape index (κ1) is 14.8. The summed E-state index contributed by atoms with van der Waals surface area (Å²) >= 11 is 0. The maximum absolute atomic E-state index is 13.8. The first-order chi connectivity index (χ1) is 9.38. The fourth-order valence-electron chi connectivity index (χ4n) is 2.87. The number of carboxylic acid groups (broad SMARTS) is 1. The van der Waals surface area contributed by atoms with E-state index in [2.05, 4.69) is 0 Å². The largest absolute Gasteiger partial charge is 0.481 e. The molecule has 6 heteroatoms. The first-order valence-corrected chi connectivity index (χ1v) is 6.47. The van der Waals surface area contributed by atoms with Crippen LogP contribution in [0.5, 0.6) is 0 Å². The van der Waals surface area contributed by atoms with Crippen LogP contribution in [0.2, 0.25) is 0 Å². The van der Waals surface area contributed by atoms with Gasteiger partial charge in [0, 0.05) is 0 Å². The third-order valence-corrected chi connectivity index (χ3v) is 3.77. The molecule has 0 saturated carbocycles. The van der Waals surface area contributed by atoms with Crippen LogP contribution in [0.1, 0.15) is 24.8 Å². The lowest BCUT2D eigenvalue weighted by atomic mass is 9.84. The van der Waals surface area contributed by atoms with E-state index >= 15 is 0 Å². The van der Waals surface area contributed by atoms with Crippen molar-refractivity contribution in [1.29, 1.82) is 0 Å². The number of halogens is 3. The Balaban J connectivity index is 2.57. The average Bonchev–Trinajstić information content (AvgIpc) is 2.89. The molecule has 0 amide bonds.